The van der Waals surface area contributed by atoms with E-state index in [0.29, 0.717) is 6.04 Å². The third kappa shape index (κ3) is 3.23. The van der Waals surface area contributed by atoms with E-state index in [2.05, 4.69) is 10.6 Å². The van der Waals surface area contributed by atoms with E-state index in [1.54, 1.807) is 0 Å². The Morgan fingerprint density at radius 2 is 2.06 bits per heavy atom. The highest BCUT2D eigenvalue weighted by molar-refractivity contribution is 5.81. The highest BCUT2D eigenvalue weighted by Gasteiger charge is 2.42. The summed E-state index contributed by atoms with van der Waals surface area (Å²) in [7, 11) is 0. The van der Waals surface area contributed by atoms with Gasteiger partial charge in [0.2, 0.25) is 5.91 Å². The van der Waals surface area contributed by atoms with Crippen molar-refractivity contribution in [2.24, 2.45) is 0 Å². The Hall–Kier alpha value is -0.610. The van der Waals surface area contributed by atoms with Crippen LogP contribution >= 0.6 is 0 Å². The fraction of sp³-hybridized carbons (Fsp3) is 0.929. The molecule has 1 spiro atoms. The van der Waals surface area contributed by atoms with Crippen LogP contribution in [0.3, 0.4) is 0 Å². The summed E-state index contributed by atoms with van der Waals surface area (Å²) in [6, 6.07) is 0.508. The van der Waals surface area contributed by atoms with Crippen LogP contribution in [0.5, 0.6) is 0 Å². The Balaban J connectivity index is 1.79. The lowest BCUT2D eigenvalue weighted by Crippen LogP contribution is -2.55. The SMILES string of the molecule is CC(C)NC(=O)C(C)NC1CCOC2(CCC2)C1. The Morgan fingerprint density at radius 3 is 2.61 bits per heavy atom. The van der Waals surface area contributed by atoms with E-state index in [1.807, 2.05) is 20.8 Å². The van der Waals surface area contributed by atoms with Gasteiger partial charge in [-0.1, -0.05) is 0 Å². The van der Waals surface area contributed by atoms with Crippen molar-refractivity contribution in [2.75, 3.05) is 6.61 Å². The molecule has 1 aliphatic carbocycles. The quantitative estimate of drug-likeness (QED) is 0.801. The average molecular weight is 254 g/mol. The zero-order chi connectivity index (χ0) is 13.2. The molecule has 2 unspecified atom stereocenters. The number of carbonyl (C=O) groups is 1. The second-order valence-electron chi connectivity index (χ2n) is 6.13. The molecule has 1 heterocycles. The molecule has 2 atom stereocenters. The Labute approximate surface area is 110 Å². The van der Waals surface area contributed by atoms with Crippen LogP contribution in [0.2, 0.25) is 0 Å². The molecular formula is C14H26N2O2. The molecule has 4 nitrogen and oxygen atoms in total. The molecule has 2 aliphatic rings. The van der Waals surface area contributed by atoms with Crippen LogP contribution in [0.4, 0.5) is 0 Å². The molecule has 1 saturated carbocycles. The van der Waals surface area contributed by atoms with Gasteiger partial charge in [-0.3, -0.25) is 4.79 Å². The van der Waals surface area contributed by atoms with Crippen LogP contribution in [0.1, 0.15) is 52.9 Å². The van der Waals surface area contributed by atoms with Crippen molar-refractivity contribution < 1.29 is 9.53 Å². The minimum Gasteiger partial charge on any atom is -0.375 e. The van der Waals surface area contributed by atoms with Gasteiger partial charge in [0, 0.05) is 18.7 Å². The largest absolute Gasteiger partial charge is 0.375 e. The molecular weight excluding hydrogens is 228 g/mol. The summed E-state index contributed by atoms with van der Waals surface area (Å²) >= 11 is 0. The monoisotopic (exact) mass is 254 g/mol. The van der Waals surface area contributed by atoms with Crippen molar-refractivity contribution in [3.05, 3.63) is 0 Å². The predicted molar refractivity (Wildman–Crippen MR) is 71.4 cm³/mol. The van der Waals surface area contributed by atoms with E-state index in [0.717, 1.165) is 19.4 Å². The maximum Gasteiger partial charge on any atom is 0.237 e. The number of ether oxygens (including phenoxy) is 1. The molecule has 104 valence electrons. The van der Waals surface area contributed by atoms with E-state index in [4.69, 9.17) is 4.74 Å². The molecule has 18 heavy (non-hydrogen) atoms. The van der Waals surface area contributed by atoms with Gasteiger partial charge >= 0.3 is 0 Å². The van der Waals surface area contributed by atoms with Crippen molar-refractivity contribution >= 4 is 5.91 Å². The summed E-state index contributed by atoms with van der Waals surface area (Å²) in [5.41, 5.74) is 0.143. The van der Waals surface area contributed by atoms with Crippen molar-refractivity contribution in [1.82, 2.24) is 10.6 Å². The van der Waals surface area contributed by atoms with Gasteiger partial charge in [0.1, 0.15) is 0 Å². The van der Waals surface area contributed by atoms with Crippen molar-refractivity contribution in [3.8, 4) is 0 Å². The summed E-state index contributed by atoms with van der Waals surface area (Å²) in [4.78, 5) is 11.9. The second-order valence-corrected chi connectivity index (χ2v) is 6.13. The van der Waals surface area contributed by atoms with Gasteiger partial charge in [0.15, 0.2) is 0 Å². The molecule has 0 radical (unpaired) electrons. The molecule has 2 rings (SSSR count). The normalized spacial score (nSPS) is 27.9. The van der Waals surface area contributed by atoms with Crippen molar-refractivity contribution in [3.63, 3.8) is 0 Å². The molecule has 1 amide bonds. The average Bonchev–Trinajstić information content (AvgIpc) is 2.26. The van der Waals surface area contributed by atoms with Crippen LogP contribution < -0.4 is 10.6 Å². The fourth-order valence-electron chi connectivity index (χ4n) is 2.93. The van der Waals surface area contributed by atoms with Gasteiger partial charge < -0.3 is 15.4 Å². The van der Waals surface area contributed by atoms with Crippen molar-refractivity contribution in [1.29, 1.82) is 0 Å². The van der Waals surface area contributed by atoms with Crippen LogP contribution in [0.15, 0.2) is 0 Å². The van der Waals surface area contributed by atoms with Crippen molar-refractivity contribution in [2.45, 2.75) is 76.6 Å². The van der Waals surface area contributed by atoms with Gasteiger partial charge in [-0.25, -0.2) is 0 Å². The number of nitrogens with one attached hydrogen (secondary N) is 2. The van der Waals surface area contributed by atoms with E-state index >= 15 is 0 Å². The van der Waals surface area contributed by atoms with E-state index in [9.17, 15) is 4.79 Å². The summed E-state index contributed by atoms with van der Waals surface area (Å²) in [6.07, 6.45) is 5.75. The summed E-state index contributed by atoms with van der Waals surface area (Å²) in [6.45, 7) is 6.75. The predicted octanol–water partition coefficient (Wildman–Crippen LogP) is 1.59. The maximum atomic E-state index is 11.9. The fourth-order valence-corrected chi connectivity index (χ4v) is 2.93. The molecule has 0 bridgehead atoms. The highest BCUT2D eigenvalue weighted by atomic mass is 16.5. The van der Waals surface area contributed by atoms with E-state index in [-0.39, 0.29) is 23.6 Å². The molecule has 4 heteroatoms. The molecule has 0 aromatic heterocycles. The van der Waals surface area contributed by atoms with E-state index in [1.165, 1.54) is 19.3 Å². The van der Waals surface area contributed by atoms with Gasteiger partial charge in [-0.05, 0) is 52.9 Å². The van der Waals surface area contributed by atoms with Gasteiger partial charge in [0.05, 0.1) is 11.6 Å². The number of hydrogen-bond acceptors (Lipinski definition) is 3. The minimum absolute atomic E-state index is 0.0964. The van der Waals surface area contributed by atoms with Crippen LogP contribution in [0.25, 0.3) is 0 Å². The van der Waals surface area contributed by atoms with E-state index < -0.39 is 0 Å². The second kappa shape index (κ2) is 5.57. The Kier molecular flexibility index (Phi) is 4.28. The number of rotatable bonds is 4. The van der Waals surface area contributed by atoms with Crippen LogP contribution in [-0.4, -0.2) is 36.2 Å². The molecule has 2 fully saturated rings. The standard InChI is InChI=1S/C14H26N2O2/c1-10(2)15-13(17)11(3)16-12-5-8-18-14(9-12)6-4-7-14/h10-12,16H,4-9H2,1-3H3,(H,15,17). The van der Waals surface area contributed by atoms with Gasteiger partial charge in [0.25, 0.3) is 0 Å². The Bertz CT molecular complexity index is 300. The first-order valence-corrected chi connectivity index (χ1v) is 7.21. The number of amides is 1. The first-order valence-electron chi connectivity index (χ1n) is 7.21. The molecule has 0 aromatic rings. The zero-order valence-corrected chi connectivity index (χ0v) is 11.8. The lowest BCUT2D eigenvalue weighted by Gasteiger charge is -2.47. The van der Waals surface area contributed by atoms with Crippen LogP contribution in [0, 0.1) is 0 Å². The summed E-state index contributed by atoms with van der Waals surface area (Å²) in [5, 5.41) is 6.40. The first-order chi connectivity index (χ1) is 8.51. The lowest BCUT2D eigenvalue weighted by atomic mass is 9.74. The summed E-state index contributed by atoms with van der Waals surface area (Å²) < 4.78 is 5.90. The Morgan fingerprint density at radius 1 is 1.33 bits per heavy atom. The summed E-state index contributed by atoms with van der Waals surface area (Å²) in [5.74, 6) is 0.0964. The molecule has 2 N–H and O–H groups in total. The van der Waals surface area contributed by atoms with Crippen LogP contribution in [-0.2, 0) is 9.53 Å². The van der Waals surface area contributed by atoms with Gasteiger partial charge in [-0.15, -0.1) is 0 Å². The minimum atomic E-state index is -0.118. The molecule has 0 aromatic carbocycles. The molecule has 1 saturated heterocycles. The lowest BCUT2D eigenvalue weighted by molar-refractivity contribution is -0.138. The first kappa shape index (κ1) is 13.8. The third-order valence-electron chi connectivity index (χ3n) is 4.07. The third-order valence-corrected chi connectivity index (χ3v) is 4.07. The number of hydrogen-bond donors (Lipinski definition) is 2. The molecule has 1 aliphatic heterocycles. The zero-order valence-electron chi connectivity index (χ0n) is 11.8. The number of carbonyl (C=O) groups excluding carboxylic acids is 1. The van der Waals surface area contributed by atoms with Gasteiger partial charge in [-0.2, -0.15) is 0 Å². The smallest absolute Gasteiger partial charge is 0.237 e. The highest BCUT2D eigenvalue weighted by Crippen LogP contribution is 2.42. The topological polar surface area (TPSA) is 50.4 Å². The maximum absolute atomic E-state index is 11.9.